The highest BCUT2D eigenvalue weighted by molar-refractivity contribution is 6.08. The molecule has 0 radical (unpaired) electrons. The first kappa shape index (κ1) is 19.5. The summed E-state index contributed by atoms with van der Waals surface area (Å²) in [5, 5.41) is 13.2. The number of benzene rings is 4. The predicted octanol–water partition coefficient (Wildman–Crippen LogP) is 7.88. The second-order valence-corrected chi connectivity index (χ2v) is 7.87. The summed E-state index contributed by atoms with van der Waals surface area (Å²) in [6.07, 6.45) is -4.44. The predicted molar refractivity (Wildman–Crippen MR) is 123 cm³/mol. The Labute approximate surface area is 186 Å². The normalized spacial score (nSPS) is 12.1. The molecule has 0 saturated carbocycles. The molecule has 0 spiro atoms. The molecule has 0 aliphatic carbocycles. The van der Waals surface area contributed by atoms with Crippen LogP contribution in [0.2, 0.25) is 0 Å². The zero-order chi connectivity index (χ0) is 22.6. The lowest BCUT2D eigenvalue weighted by Gasteiger charge is -2.12. The summed E-state index contributed by atoms with van der Waals surface area (Å²) in [6, 6.07) is 26.5. The van der Waals surface area contributed by atoms with Crippen molar-refractivity contribution in [2.24, 2.45) is 0 Å². The quantitative estimate of drug-likeness (QED) is 0.257. The van der Waals surface area contributed by atoms with E-state index in [1.165, 1.54) is 6.07 Å². The van der Waals surface area contributed by atoms with Crippen LogP contribution >= 0.6 is 0 Å². The van der Waals surface area contributed by atoms with Crippen molar-refractivity contribution >= 4 is 32.5 Å². The van der Waals surface area contributed by atoms with E-state index in [4.69, 9.17) is 4.42 Å². The lowest BCUT2D eigenvalue weighted by Crippen LogP contribution is -2.05. The second-order valence-electron chi connectivity index (χ2n) is 7.87. The van der Waals surface area contributed by atoms with Crippen molar-refractivity contribution in [2.75, 3.05) is 0 Å². The third kappa shape index (κ3) is 3.31. The highest BCUT2D eigenvalue weighted by Gasteiger charge is 2.30. The molecule has 6 aromatic rings. The van der Waals surface area contributed by atoms with Gasteiger partial charge in [-0.25, -0.2) is 0 Å². The van der Waals surface area contributed by atoms with Gasteiger partial charge in [-0.1, -0.05) is 54.6 Å². The van der Waals surface area contributed by atoms with Crippen molar-refractivity contribution in [1.29, 1.82) is 0 Å². The maximum atomic E-state index is 13.3. The maximum Gasteiger partial charge on any atom is 0.416 e. The maximum absolute atomic E-state index is 13.3. The van der Waals surface area contributed by atoms with Crippen molar-refractivity contribution in [3.63, 3.8) is 0 Å². The Morgan fingerprint density at radius 1 is 0.606 bits per heavy atom. The van der Waals surface area contributed by atoms with Crippen LogP contribution in [0.4, 0.5) is 13.2 Å². The molecule has 0 unspecified atom stereocenters. The minimum Gasteiger partial charge on any atom is -0.454 e. The van der Waals surface area contributed by atoms with Gasteiger partial charge in [-0.3, -0.25) is 0 Å². The number of furan rings is 1. The fraction of sp³-hybridized carbons (Fsp3) is 0.0370. The molecule has 0 amide bonds. The van der Waals surface area contributed by atoms with E-state index in [9.17, 15) is 13.2 Å². The van der Waals surface area contributed by atoms with Crippen LogP contribution in [0, 0.1) is 0 Å². The number of para-hydroxylation sites is 1. The summed E-state index contributed by atoms with van der Waals surface area (Å²) in [5.74, 6) is 0.555. The first-order valence-corrected chi connectivity index (χ1v) is 10.3. The summed E-state index contributed by atoms with van der Waals surface area (Å²) in [7, 11) is 0. The lowest BCUT2D eigenvalue weighted by molar-refractivity contribution is -0.137. The molecule has 4 aromatic carbocycles. The minimum absolute atomic E-state index is 0.355. The lowest BCUT2D eigenvalue weighted by atomic mass is 9.97. The molecule has 0 N–H and O–H groups in total. The van der Waals surface area contributed by atoms with Crippen molar-refractivity contribution in [2.45, 2.75) is 6.18 Å². The van der Waals surface area contributed by atoms with E-state index in [-0.39, 0.29) is 0 Å². The van der Waals surface area contributed by atoms with Crippen molar-refractivity contribution < 1.29 is 17.6 Å². The Morgan fingerprint density at radius 2 is 1.24 bits per heavy atom. The zero-order valence-corrected chi connectivity index (χ0v) is 17.1. The second kappa shape index (κ2) is 7.17. The number of aromatic nitrogens is 2. The highest BCUT2D eigenvalue weighted by atomic mass is 19.4. The van der Waals surface area contributed by atoms with E-state index in [2.05, 4.69) is 10.2 Å². The number of nitrogens with zero attached hydrogens (tertiary/aromatic N) is 2. The smallest absolute Gasteiger partial charge is 0.416 e. The number of hydrogen-bond acceptors (Lipinski definition) is 3. The number of alkyl halides is 3. The van der Waals surface area contributed by atoms with Crippen LogP contribution in [0.1, 0.15) is 5.56 Å². The van der Waals surface area contributed by atoms with E-state index >= 15 is 0 Å². The van der Waals surface area contributed by atoms with Crippen LogP contribution in [0.25, 0.3) is 55.2 Å². The van der Waals surface area contributed by atoms with Gasteiger partial charge >= 0.3 is 6.18 Å². The fourth-order valence-electron chi connectivity index (χ4n) is 4.18. The molecule has 0 fully saturated rings. The molecule has 0 saturated heterocycles. The molecule has 33 heavy (non-hydrogen) atoms. The Hall–Kier alpha value is -4.19. The topological polar surface area (TPSA) is 38.9 Å². The zero-order valence-electron chi connectivity index (χ0n) is 17.1. The Morgan fingerprint density at radius 3 is 1.94 bits per heavy atom. The molecule has 6 heteroatoms. The Bertz CT molecular complexity index is 1630. The molecule has 0 bridgehead atoms. The average molecular weight is 440 g/mol. The standard InChI is InChI=1S/C27H15F3N2O/c28-27(29,30)20-10-5-9-19(12-20)25-21-13-16-6-1-2-7-17(16)14-22(21)26(32-31-25)24-15-18-8-3-4-11-23(18)33-24/h1-15H. The molecule has 2 heterocycles. The first-order valence-electron chi connectivity index (χ1n) is 10.3. The third-order valence-electron chi connectivity index (χ3n) is 5.77. The summed E-state index contributed by atoms with van der Waals surface area (Å²) in [4.78, 5) is 0. The van der Waals surface area contributed by atoms with E-state index in [0.29, 0.717) is 28.1 Å². The van der Waals surface area contributed by atoms with Gasteiger partial charge in [-0.15, -0.1) is 10.2 Å². The Kier molecular flexibility index (Phi) is 4.23. The fourth-order valence-corrected chi connectivity index (χ4v) is 4.18. The number of rotatable bonds is 2. The number of fused-ring (bicyclic) bond motifs is 3. The van der Waals surface area contributed by atoms with Crippen LogP contribution in [-0.2, 0) is 6.18 Å². The van der Waals surface area contributed by atoms with Crippen LogP contribution in [-0.4, -0.2) is 10.2 Å². The summed E-state index contributed by atoms with van der Waals surface area (Å²) in [6.45, 7) is 0. The van der Waals surface area contributed by atoms with Gasteiger partial charge in [0.2, 0.25) is 0 Å². The van der Waals surface area contributed by atoms with Crippen LogP contribution in [0.5, 0.6) is 0 Å². The van der Waals surface area contributed by atoms with Crippen LogP contribution in [0.3, 0.4) is 0 Å². The number of halogens is 3. The summed E-state index contributed by atoms with van der Waals surface area (Å²) in [5.41, 5.74) is 1.29. The largest absolute Gasteiger partial charge is 0.454 e. The van der Waals surface area contributed by atoms with Crippen LogP contribution < -0.4 is 0 Å². The van der Waals surface area contributed by atoms with Gasteiger partial charge in [0, 0.05) is 21.7 Å². The molecular formula is C27H15F3N2O. The summed E-state index contributed by atoms with van der Waals surface area (Å²) >= 11 is 0. The van der Waals surface area contributed by atoms with Gasteiger partial charge in [0.25, 0.3) is 0 Å². The highest BCUT2D eigenvalue weighted by Crippen LogP contribution is 2.38. The first-order chi connectivity index (χ1) is 16.0. The molecule has 3 nitrogen and oxygen atoms in total. The molecule has 6 rings (SSSR count). The van der Waals surface area contributed by atoms with Crippen molar-refractivity contribution in [3.05, 3.63) is 96.6 Å². The van der Waals surface area contributed by atoms with E-state index in [1.54, 1.807) is 6.07 Å². The van der Waals surface area contributed by atoms with Crippen molar-refractivity contribution in [1.82, 2.24) is 10.2 Å². The molecule has 0 atom stereocenters. The van der Waals surface area contributed by atoms with Gasteiger partial charge in [-0.05, 0) is 47.2 Å². The minimum atomic E-state index is -4.44. The van der Waals surface area contributed by atoms with Gasteiger partial charge < -0.3 is 4.42 Å². The average Bonchev–Trinajstić information content (AvgIpc) is 3.26. The molecular weight excluding hydrogens is 425 g/mol. The van der Waals surface area contributed by atoms with Crippen molar-refractivity contribution in [3.8, 4) is 22.7 Å². The molecule has 160 valence electrons. The van der Waals surface area contributed by atoms with Gasteiger partial charge in [0.15, 0.2) is 5.76 Å². The molecule has 2 aromatic heterocycles. The monoisotopic (exact) mass is 440 g/mol. The summed E-state index contributed by atoms with van der Waals surface area (Å²) < 4.78 is 46.1. The SMILES string of the molecule is FC(F)(F)c1cccc(-c2nnc(-c3cc4ccccc4o3)c3cc4ccccc4cc23)c1. The third-order valence-corrected chi connectivity index (χ3v) is 5.77. The van der Waals surface area contributed by atoms with Gasteiger partial charge in [0.05, 0.1) is 5.56 Å². The molecule has 0 aliphatic heterocycles. The van der Waals surface area contributed by atoms with Gasteiger partial charge in [0.1, 0.15) is 17.0 Å². The molecule has 0 aliphatic rings. The van der Waals surface area contributed by atoms with Gasteiger partial charge in [-0.2, -0.15) is 13.2 Å². The van der Waals surface area contributed by atoms with Crippen LogP contribution in [0.15, 0.2) is 95.4 Å². The van der Waals surface area contributed by atoms with E-state index in [1.807, 2.05) is 66.7 Å². The van der Waals surface area contributed by atoms with E-state index < -0.39 is 11.7 Å². The Balaban J connectivity index is 1.65. The van der Waals surface area contributed by atoms with E-state index in [0.717, 1.165) is 39.3 Å². The number of hydrogen-bond donors (Lipinski definition) is 0.